The number of aliphatic carboxylic acids is 1. The lowest BCUT2D eigenvalue weighted by Crippen LogP contribution is -2.48. The third-order valence-corrected chi connectivity index (χ3v) is 3.04. The van der Waals surface area contributed by atoms with Crippen molar-refractivity contribution in [3.8, 4) is 0 Å². The van der Waals surface area contributed by atoms with Gasteiger partial charge in [-0.05, 0) is 13.3 Å². The predicted octanol–water partition coefficient (Wildman–Crippen LogP) is 1.94. The van der Waals surface area contributed by atoms with Crippen LogP contribution in [0, 0.1) is 10.1 Å². The number of carboxylic acids is 1. The molecule has 0 aliphatic heterocycles. The van der Waals surface area contributed by atoms with E-state index in [0.29, 0.717) is 12.0 Å². The van der Waals surface area contributed by atoms with Gasteiger partial charge in [-0.3, -0.25) is 20.2 Å². The minimum Gasteiger partial charge on any atom is -0.480 e. The molecule has 0 aliphatic rings. The maximum absolute atomic E-state index is 11.1. The highest BCUT2D eigenvalue weighted by Crippen LogP contribution is 2.19. The van der Waals surface area contributed by atoms with Crippen LogP contribution in [0.15, 0.2) is 24.3 Å². The first kappa shape index (κ1) is 14.1. The lowest BCUT2D eigenvalue weighted by molar-refractivity contribution is -0.385. The molecule has 1 rings (SSSR count). The predicted molar refractivity (Wildman–Crippen MR) is 66.3 cm³/mol. The fraction of sp³-hybridized carbons (Fsp3) is 0.417. The third-order valence-electron chi connectivity index (χ3n) is 3.04. The Balaban J connectivity index is 2.86. The molecule has 0 aromatic heterocycles. The van der Waals surface area contributed by atoms with Gasteiger partial charge < -0.3 is 5.11 Å². The molecule has 0 radical (unpaired) electrons. The van der Waals surface area contributed by atoms with Crippen LogP contribution in [-0.2, 0) is 11.3 Å². The SMILES string of the molecule is CCC(C)(NCc1ccccc1[N+](=O)[O-])C(=O)O. The molecule has 18 heavy (non-hydrogen) atoms. The number of nitrogens with one attached hydrogen (secondary N) is 1. The summed E-state index contributed by atoms with van der Waals surface area (Å²) in [6.45, 7) is 3.46. The zero-order chi connectivity index (χ0) is 13.8. The van der Waals surface area contributed by atoms with Crippen LogP contribution in [0.3, 0.4) is 0 Å². The summed E-state index contributed by atoms with van der Waals surface area (Å²) in [5.41, 5.74) is -0.610. The Morgan fingerprint density at radius 3 is 2.61 bits per heavy atom. The molecule has 0 bridgehead atoms. The molecule has 1 atom stereocenters. The van der Waals surface area contributed by atoms with Gasteiger partial charge in [0.1, 0.15) is 5.54 Å². The van der Waals surface area contributed by atoms with E-state index in [-0.39, 0.29) is 12.2 Å². The molecule has 0 saturated carbocycles. The Bertz CT molecular complexity index is 461. The maximum atomic E-state index is 11.1. The van der Waals surface area contributed by atoms with Gasteiger partial charge in [-0.15, -0.1) is 0 Å². The van der Waals surface area contributed by atoms with E-state index in [2.05, 4.69) is 5.32 Å². The van der Waals surface area contributed by atoms with E-state index in [9.17, 15) is 14.9 Å². The smallest absolute Gasteiger partial charge is 0.323 e. The van der Waals surface area contributed by atoms with Gasteiger partial charge in [-0.2, -0.15) is 0 Å². The van der Waals surface area contributed by atoms with Gasteiger partial charge in [-0.1, -0.05) is 25.1 Å². The Morgan fingerprint density at radius 2 is 2.11 bits per heavy atom. The second-order valence-electron chi connectivity index (χ2n) is 4.23. The Labute approximate surface area is 105 Å². The molecular weight excluding hydrogens is 236 g/mol. The summed E-state index contributed by atoms with van der Waals surface area (Å²) < 4.78 is 0. The van der Waals surface area contributed by atoms with Crippen LogP contribution in [0.1, 0.15) is 25.8 Å². The van der Waals surface area contributed by atoms with E-state index >= 15 is 0 Å². The normalized spacial score (nSPS) is 13.9. The highest BCUT2D eigenvalue weighted by atomic mass is 16.6. The van der Waals surface area contributed by atoms with Crippen LogP contribution in [-0.4, -0.2) is 21.5 Å². The van der Waals surface area contributed by atoms with Gasteiger partial charge in [-0.25, -0.2) is 0 Å². The van der Waals surface area contributed by atoms with E-state index < -0.39 is 16.4 Å². The zero-order valence-electron chi connectivity index (χ0n) is 10.3. The molecule has 6 heteroatoms. The Hall–Kier alpha value is -1.95. The Kier molecular flexibility index (Phi) is 4.38. The van der Waals surface area contributed by atoms with Gasteiger partial charge in [0.15, 0.2) is 0 Å². The molecule has 1 aromatic carbocycles. The van der Waals surface area contributed by atoms with Crippen LogP contribution in [0.2, 0.25) is 0 Å². The molecule has 0 amide bonds. The van der Waals surface area contributed by atoms with Crippen molar-refractivity contribution in [3.63, 3.8) is 0 Å². The van der Waals surface area contributed by atoms with E-state index in [4.69, 9.17) is 5.11 Å². The second-order valence-corrected chi connectivity index (χ2v) is 4.23. The number of nitro benzene ring substituents is 1. The molecular formula is C12H16N2O4. The number of carboxylic acid groups (broad SMARTS) is 1. The quantitative estimate of drug-likeness (QED) is 0.596. The largest absolute Gasteiger partial charge is 0.480 e. The first-order valence-electron chi connectivity index (χ1n) is 5.61. The van der Waals surface area contributed by atoms with Gasteiger partial charge in [0.05, 0.1) is 4.92 Å². The number of benzene rings is 1. The fourth-order valence-electron chi connectivity index (χ4n) is 1.48. The van der Waals surface area contributed by atoms with Crippen LogP contribution in [0.25, 0.3) is 0 Å². The number of rotatable bonds is 6. The van der Waals surface area contributed by atoms with Crippen molar-refractivity contribution in [2.45, 2.75) is 32.4 Å². The van der Waals surface area contributed by atoms with Crippen molar-refractivity contribution in [1.29, 1.82) is 0 Å². The molecule has 0 heterocycles. The van der Waals surface area contributed by atoms with Gasteiger partial charge >= 0.3 is 5.97 Å². The number of para-hydroxylation sites is 1. The van der Waals surface area contributed by atoms with Crippen molar-refractivity contribution < 1.29 is 14.8 Å². The summed E-state index contributed by atoms with van der Waals surface area (Å²) in [6.07, 6.45) is 0.392. The molecule has 2 N–H and O–H groups in total. The van der Waals surface area contributed by atoms with Crippen molar-refractivity contribution in [2.75, 3.05) is 0 Å². The van der Waals surface area contributed by atoms with Crippen molar-refractivity contribution in [2.24, 2.45) is 0 Å². The second kappa shape index (κ2) is 5.59. The average Bonchev–Trinajstić information content (AvgIpc) is 2.35. The van der Waals surface area contributed by atoms with Crippen molar-refractivity contribution in [1.82, 2.24) is 5.32 Å². The van der Waals surface area contributed by atoms with Crippen molar-refractivity contribution >= 4 is 11.7 Å². The lowest BCUT2D eigenvalue weighted by atomic mass is 9.98. The highest BCUT2D eigenvalue weighted by Gasteiger charge is 2.30. The molecule has 0 saturated heterocycles. The summed E-state index contributed by atoms with van der Waals surface area (Å²) in [7, 11) is 0. The van der Waals surface area contributed by atoms with E-state index in [1.807, 2.05) is 0 Å². The molecule has 0 spiro atoms. The van der Waals surface area contributed by atoms with Gasteiger partial charge in [0, 0.05) is 18.2 Å². The minimum absolute atomic E-state index is 0.00570. The first-order valence-corrected chi connectivity index (χ1v) is 5.61. The molecule has 0 aliphatic carbocycles. The maximum Gasteiger partial charge on any atom is 0.323 e. The summed E-state index contributed by atoms with van der Waals surface area (Å²) in [5, 5.41) is 22.8. The average molecular weight is 252 g/mol. The highest BCUT2D eigenvalue weighted by molar-refractivity contribution is 5.78. The number of nitrogens with zero attached hydrogens (tertiary/aromatic N) is 1. The lowest BCUT2D eigenvalue weighted by Gasteiger charge is -2.24. The summed E-state index contributed by atoms with van der Waals surface area (Å²) in [4.78, 5) is 21.4. The van der Waals surface area contributed by atoms with Crippen LogP contribution < -0.4 is 5.32 Å². The van der Waals surface area contributed by atoms with E-state index in [1.54, 1.807) is 32.0 Å². The van der Waals surface area contributed by atoms with Crippen LogP contribution >= 0.6 is 0 Å². The summed E-state index contributed by atoms with van der Waals surface area (Å²) in [5.74, 6) is -0.969. The molecule has 0 fully saturated rings. The van der Waals surface area contributed by atoms with Crippen LogP contribution in [0.5, 0.6) is 0 Å². The van der Waals surface area contributed by atoms with Gasteiger partial charge in [0.25, 0.3) is 5.69 Å². The monoisotopic (exact) mass is 252 g/mol. The summed E-state index contributed by atoms with van der Waals surface area (Å²) in [6, 6.07) is 6.29. The Morgan fingerprint density at radius 1 is 1.50 bits per heavy atom. The van der Waals surface area contributed by atoms with E-state index in [1.165, 1.54) is 6.07 Å². The standard InChI is InChI=1S/C12H16N2O4/c1-3-12(2,11(15)16)13-8-9-6-4-5-7-10(9)14(17)18/h4-7,13H,3,8H2,1-2H3,(H,15,16). The zero-order valence-corrected chi connectivity index (χ0v) is 10.3. The number of carbonyl (C=O) groups is 1. The molecule has 1 unspecified atom stereocenters. The van der Waals surface area contributed by atoms with Crippen molar-refractivity contribution in [3.05, 3.63) is 39.9 Å². The summed E-state index contributed by atoms with van der Waals surface area (Å²) >= 11 is 0. The number of hydrogen-bond donors (Lipinski definition) is 2. The fourth-order valence-corrected chi connectivity index (χ4v) is 1.48. The number of hydrogen-bond acceptors (Lipinski definition) is 4. The minimum atomic E-state index is -1.08. The first-order chi connectivity index (χ1) is 8.40. The topological polar surface area (TPSA) is 92.5 Å². The molecule has 98 valence electrons. The third kappa shape index (κ3) is 3.04. The van der Waals surface area contributed by atoms with Gasteiger partial charge in [0.2, 0.25) is 0 Å². The molecule has 6 nitrogen and oxygen atoms in total. The number of nitro groups is 1. The van der Waals surface area contributed by atoms with E-state index in [0.717, 1.165) is 0 Å². The molecule has 1 aromatic rings. The van der Waals surface area contributed by atoms with Crippen LogP contribution in [0.4, 0.5) is 5.69 Å².